The molecule has 0 aliphatic rings. The molecule has 1 aromatic heterocycles. The minimum Gasteiger partial charge on any atom is -0.467 e. The van der Waals surface area contributed by atoms with E-state index in [4.69, 9.17) is 9.26 Å². The number of hydrogen-bond donors (Lipinski definition) is 1. The first-order chi connectivity index (χ1) is 11.6. The maximum Gasteiger partial charge on any atom is 0.328 e. The summed E-state index contributed by atoms with van der Waals surface area (Å²) in [7, 11) is 1.31. The lowest BCUT2D eigenvalue weighted by Gasteiger charge is -2.16. The molecule has 6 nitrogen and oxygen atoms in total. The van der Waals surface area contributed by atoms with Gasteiger partial charge in [0.15, 0.2) is 0 Å². The smallest absolute Gasteiger partial charge is 0.328 e. The molecule has 0 bridgehead atoms. The number of carbonyl (C=O) groups excluding carboxylic acids is 2. The predicted molar refractivity (Wildman–Crippen MR) is 92.9 cm³/mol. The van der Waals surface area contributed by atoms with E-state index in [-0.39, 0.29) is 0 Å². The quantitative estimate of drug-likeness (QED) is 0.775. The van der Waals surface area contributed by atoms with E-state index < -0.39 is 17.9 Å². The highest BCUT2D eigenvalue weighted by Crippen LogP contribution is 2.25. The van der Waals surface area contributed by atoms with Crippen molar-refractivity contribution >= 4 is 23.6 Å². The molecule has 0 saturated carbocycles. The Balaban J connectivity index is 2.26. The van der Waals surface area contributed by atoms with Crippen molar-refractivity contribution in [2.45, 2.75) is 19.4 Å². The van der Waals surface area contributed by atoms with Crippen LogP contribution < -0.4 is 5.32 Å². The predicted octanol–water partition coefficient (Wildman–Crippen LogP) is 2.67. The molecule has 1 N–H and O–H groups in total. The first-order valence-electron chi connectivity index (χ1n) is 7.47. The van der Waals surface area contributed by atoms with Crippen molar-refractivity contribution in [1.82, 2.24) is 10.5 Å². The summed E-state index contributed by atoms with van der Waals surface area (Å²) in [5, 5.41) is 6.71. The number of rotatable bonds is 7. The highest BCUT2D eigenvalue weighted by atomic mass is 32.2. The Morgan fingerprint density at radius 2 is 2.04 bits per heavy atom. The number of nitrogens with one attached hydrogen (secondary N) is 1. The van der Waals surface area contributed by atoms with Crippen LogP contribution >= 0.6 is 11.8 Å². The summed E-state index contributed by atoms with van der Waals surface area (Å²) in [6, 6.07) is 8.59. The average Bonchev–Trinajstić information content (AvgIpc) is 3.00. The van der Waals surface area contributed by atoms with E-state index in [1.807, 2.05) is 36.6 Å². The Bertz CT molecular complexity index is 700. The van der Waals surface area contributed by atoms with E-state index in [0.717, 1.165) is 11.3 Å². The van der Waals surface area contributed by atoms with Crippen LogP contribution in [0.2, 0.25) is 0 Å². The van der Waals surface area contributed by atoms with Crippen LogP contribution in [0.3, 0.4) is 0 Å². The van der Waals surface area contributed by atoms with Gasteiger partial charge in [-0.2, -0.15) is 11.8 Å². The van der Waals surface area contributed by atoms with E-state index in [2.05, 4.69) is 10.5 Å². The highest BCUT2D eigenvalue weighted by Gasteiger charge is 2.27. The summed E-state index contributed by atoms with van der Waals surface area (Å²) >= 11 is 1.60. The SMILES string of the molecule is COC(=O)[C@@H](CCSC)NC(=O)c1c(-c2ccccc2)noc1C. The van der Waals surface area contributed by atoms with Crippen LogP contribution in [0.1, 0.15) is 22.5 Å². The van der Waals surface area contributed by atoms with Gasteiger partial charge in [-0.3, -0.25) is 4.79 Å². The molecule has 0 saturated heterocycles. The Labute approximate surface area is 144 Å². The van der Waals surface area contributed by atoms with Gasteiger partial charge in [-0.1, -0.05) is 35.5 Å². The number of ether oxygens (including phenoxy) is 1. The summed E-state index contributed by atoms with van der Waals surface area (Å²) in [5.41, 5.74) is 1.57. The number of aromatic nitrogens is 1. The summed E-state index contributed by atoms with van der Waals surface area (Å²) < 4.78 is 9.96. The lowest BCUT2D eigenvalue weighted by atomic mass is 10.1. The number of esters is 1. The highest BCUT2D eigenvalue weighted by molar-refractivity contribution is 7.98. The summed E-state index contributed by atoms with van der Waals surface area (Å²) in [4.78, 5) is 24.6. The third-order valence-electron chi connectivity index (χ3n) is 3.54. The van der Waals surface area contributed by atoms with Crippen molar-refractivity contribution in [2.75, 3.05) is 19.1 Å². The zero-order chi connectivity index (χ0) is 17.5. The largest absolute Gasteiger partial charge is 0.467 e. The maximum absolute atomic E-state index is 12.7. The van der Waals surface area contributed by atoms with Gasteiger partial charge < -0.3 is 14.6 Å². The van der Waals surface area contributed by atoms with Gasteiger partial charge in [0.2, 0.25) is 0 Å². The van der Waals surface area contributed by atoms with E-state index in [1.165, 1.54) is 7.11 Å². The number of benzene rings is 1. The van der Waals surface area contributed by atoms with E-state index in [0.29, 0.717) is 23.4 Å². The molecule has 24 heavy (non-hydrogen) atoms. The first-order valence-corrected chi connectivity index (χ1v) is 8.87. The summed E-state index contributed by atoms with van der Waals surface area (Å²) in [6.07, 6.45) is 2.43. The first kappa shape index (κ1) is 18.1. The zero-order valence-electron chi connectivity index (χ0n) is 13.9. The van der Waals surface area contributed by atoms with Gasteiger partial charge in [0.25, 0.3) is 5.91 Å². The second-order valence-electron chi connectivity index (χ2n) is 5.16. The van der Waals surface area contributed by atoms with Gasteiger partial charge in [-0.05, 0) is 25.4 Å². The number of amides is 1. The minimum atomic E-state index is -0.701. The van der Waals surface area contributed by atoms with Gasteiger partial charge in [-0.25, -0.2) is 4.79 Å². The van der Waals surface area contributed by atoms with Crippen molar-refractivity contribution in [3.05, 3.63) is 41.7 Å². The van der Waals surface area contributed by atoms with Crippen LogP contribution in [0.4, 0.5) is 0 Å². The van der Waals surface area contributed by atoms with E-state index >= 15 is 0 Å². The number of thioether (sulfide) groups is 1. The number of carbonyl (C=O) groups is 2. The fraction of sp³-hybridized carbons (Fsp3) is 0.353. The maximum atomic E-state index is 12.7. The molecule has 1 atom stereocenters. The Hall–Kier alpha value is -2.28. The standard InChI is InChI=1S/C17H20N2O4S/c1-11-14(15(19-23-11)12-7-5-4-6-8-12)16(20)18-13(9-10-24-3)17(21)22-2/h4-8,13H,9-10H2,1-3H3,(H,18,20)/t13-/m1/s1. The van der Waals surface area contributed by atoms with Crippen molar-refractivity contribution in [2.24, 2.45) is 0 Å². The topological polar surface area (TPSA) is 81.4 Å². The fourth-order valence-electron chi connectivity index (χ4n) is 2.29. The van der Waals surface area contributed by atoms with Gasteiger partial charge >= 0.3 is 5.97 Å². The van der Waals surface area contributed by atoms with Gasteiger partial charge in [0.1, 0.15) is 23.1 Å². The molecule has 0 spiro atoms. The molecule has 2 aromatic rings. The van der Waals surface area contributed by atoms with Crippen LogP contribution in [0.5, 0.6) is 0 Å². The monoisotopic (exact) mass is 348 g/mol. The molecular formula is C17H20N2O4S. The van der Waals surface area contributed by atoms with Gasteiger partial charge in [-0.15, -0.1) is 0 Å². The van der Waals surface area contributed by atoms with Crippen molar-refractivity contribution in [3.8, 4) is 11.3 Å². The fourth-order valence-corrected chi connectivity index (χ4v) is 2.76. The molecule has 0 unspecified atom stereocenters. The Kier molecular flexibility index (Phi) is 6.43. The molecule has 0 aliphatic carbocycles. The molecule has 0 radical (unpaired) electrons. The Morgan fingerprint density at radius 3 is 2.67 bits per heavy atom. The zero-order valence-corrected chi connectivity index (χ0v) is 14.7. The molecule has 2 rings (SSSR count). The average molecular weight is 348 g/mol. The number of aryl methyl sites for hydroxylation is 1. The van der Waals surface area contributed by atoms with E-state index in [9.17, 15) is 9.59 Å². The molecular weight excluding hydrogens is 328 g/mol. The van der Waals surface area contributed by atoms with Crippen LogP contribution in [0, 0.1) is 6.92 Å². The molecule has 7 heteroatoms. The molecule has 1 amide bonds. The lowest BCUT2D eigenvalue weighted by molar-refractivity contribution is -0.142. The van der Waals surface area contributed by atoms with Crippen molar-refractivity contribution < 1.29 is 18.8 Å². The third-order valence-corrected chi connectivity index (χ3v) is 4.18. The van der Waals surface area contributed by atoms with Crippen LogP contribution in [0.15, 0.2) is 34.9 Å². The number of methoxy groups -OCH3 is 1. The molecule has 1 aromatic carbocycles. The molecule has 0 fully saturated rings. The van der Waals surface area contributed by atoms with E-state index in [1.54, 1.807) is 18.7 Å². The Morgan fingerprint density at radius 1 is 1.33 bits per heavy atom. The second-order valence-corrected chi connectivity index (χ2v) is 6.14. The number of hydrogen-bond acceptors (Lipinski definition) is 6. The summed E-state index contributed by atoms with van der Waals surface area (Å²) in [6.45, 7) is 1.67. The molecule has 1 heterocycles. The molecule has 128 valence electrons. The lowest BCUT2D eigenvalue weighted by Crippen LogP contribution is -2.42. The summed E-state index contributed by atoms with van der Waals surface area (Å²) in [5.74, 6) is 0.269. The molecule has 0 aliphatic heterocycles. The van der Waals surface area contributed by atoms with Crippen LogP contribution in [0.25, 0.3) is 11.3 Å². The second kappa shape index (κ2) is 8.54. The van der Waals surface area contributed by atoms with Crippen LogP contribution in [-0.4, -0.2) is 42.2 Å². The van der Waals surface area contributed by atoms with Crippen molar-refractivity contribution in [3.63, 3.8) is 0 Å². The van der Waals surface area contributed by atoms with Gasteiger partial charge in [0.05, 0.1) is 7.11 Å². The van der Waals surface area contributed by atoms with Crippen LogP contribution in [-0.2, 0) is 9.53 Å². The van der Waals surface area contributed by atoms with Gasteiger partial charge in [0, 0.05) is 5.56 Å². The normalized spacial score (nSPS) is 11.8. The van der Waals surface area contributed by atoms with Crippen molar-refractivity contribution in [1.29, 1.82) is 0 Å². The minimum absolute atomic E-state index is 0.333. The third kappa shape index (κ3) is 4.17. The number of nitrogens with zero attached hydrogens (tertiary/aromatic N) is 1.